The Morgan fingerprint density at radius 3 is 2.52 bits per heavy atom. The lowest BCUT2D eigenvalue weighted by Crippen LogP contribution is -2.39. The minimum Gasteiger partial charge on any atom is -0.332 e. The molecule has 1 aromatic rings. The highest BCUT2D eigenvalue weighted by atomic mass is 16.2. The van der Waals surface area contributed by atoms with Crippen LogP contribution < -0.4 is 5.32 Å². The van der Waals surface area contributed by atoms with Gasteiger partial charge in [-0.25, -0.2) is 4.68 Å². The molecule has 3 rings (SSSR count). The fourth-order valence-corrected chi connectivity index (χ4v) is 3.23. The van der Waals surface area contributed by atoms with E-state index in [9.17, 15) is 4.79 Å². The Labute approximate surface area is 125 Å². The van der Waals surface area contributed by atoms with Gasteiger partial charge in [0.15, 0.2) is 5.69 Å². The molecule has 1 amide bonds. The second-order valence-corrected chi connectivity index (χ2v) is 6.49. The van der Waals surface area contributed by atoms with E-state index in [0.29, 0.717) is 17.8 Å². The van der Waals surface area contributed by atoms with Crippen molar-refractivity contribution in [2.24, 2.45) is 0 Å². The van der Waals surface area contributed by atoms with E-state index in [1.807, 2.05) is 16.5 Å². The van der Waals surface area contributed by atoms with Gasteiger partial charge in [0.05, 0.1) is 11.7 Å². The molecule has 6 nitrogen and oxygen atoms in total. The second kappa shape index (κ2) is 5.75. The standard InChI is InChI=1S/C15H25N5O/c1-10(2)19(12-4-5-12)15(21)14-11(3)20(18-17-14)13-6-8-16-9-7-13/h10,12-13,16H,4-9H2,1-3H3. The van der Waals surface area contributed by atoms with Crippen LogP contribution in [0.15, 0.2) is 0 Å². The Morgan fingerprint density at radius 1 is 1.29 bits per heavy atom. The molecule has 1 N–H and O–H groups in total. The van der Waals surface area contributed by atoms with Crippen LogP contribution in [0.3, 0.4) is 0 Å². The molecule has 0 spiro atoms. The Morgan fingerprint density at radius 2 is 1.95 bits per heavy atom. The van der Waals surface area contributed by atoms with Gasteiger partial charge in [-0.1, -0.05) is 5.21 Å². The SMILES string of the molecule is Cc1c(C(=O)N(C(C)C)C2CC2)nnn1C1CCNCC1. The van der Waals surface area contributed by atoms with E-state index in [1.54, 1.807) is 0 Å². The monoisotopic (exact) mass is 291 g/mol. The summed E-state index contributed by atoms with van der Waals surface area (Å²) >= 11 is 0. The van der Waals surface area contributed by atoms with Crippen molar-refractivity contribution in [2.45, 2.75) is 64.6 Å². The van der Waals surface area contributed by atoms with E-state index in [0.717, 1.165) is 44.5 Å². The minimum absolute atomic E-state index is 0.0465. The first kappa shape index (κ1) is 14.5. The van der Waals surface area contributed by atoms with Gasteiger partial charge >= 0.3 is 0 Å². The van der Waals surface area contributed by atoms with E-state index >= 15 is 0 Å². The van der Waals surface area contributed by atoms with Gasteiger partial charge in [0.2, 0.25) is 0 Å². The lowest BCUT2D eigenvalue weighted by Gasteiger charge is -2.26. The van der Waals surface area contributed by atoms with Gasteiger partial charge in [0, 0.05) is 12.1 Å². The molecule has 0 unspecified atom stereocenters. The number of piperidine rings is 1. The van der Waals surface area contributed by atoms with Crippen LogP contribution in [0.4, 0.5) is 0 Å². The summed E-state index contributed by atoms with van der Waals surface area (Å²) in [6.45, 7) is 8.13. The molecule has 0 aromatic carbocycles. The summed E-state index contributed by atoms with van der Waals surface area (Å²) in [5.41, 5.74) is 1.45. The lowest BCUT2D eigenvalue weighted by molar-refractivity contribution is 0.0683. The molecule has 2 aliphatic rings. The Bertz CT molecular complexity index is 512. The average molecular weight is 291 g/mol. The number of carbonyl (C=O) groups is 1. The van der Waals surface area contributed by atoms with Crippen LogP contribution >= 0.6 is 0 Å². The normalized spacial score (nSPS) is 20.0. The summed E-state index contributed by atoms with van der Waals surface area (Å²) in [5.74, 6) is 0.0465. The number of amides is 1. The van der Waals surface area contributed by atoms with E-state index in [1.165, 1.54) is 0 Å². The summed E-state index contributed by atoms with van der Waals surface area (Å²) in [7, 11) is 0. The Hall–Kier alpha value is -1.43. The smallest absolute Gasteiger partial charge is 0.276 e. The molecular weight excluding hydrogens is 266 g/mol. The number of nitrogens with one attached hydrogen (secondary N) is 1. The maximum Gasteiger partial charge on any atom is 0.276 e. The highest BCUT2D eigenvalue weighted by Gasteiger charge is 2.37. The molecule has 6 heteroatoms. The molecule has 21 heavy (non-hydrogen) atoms. The molecule has 0 bridgehead atoms. The number of carbonyl (C=O) groups excluding carboxylic acids is 1. The van der Waals surface area contributed by atoms with Gasteiger partial charge < -0.3 is 10.2 Å². The molecule has 2 heterocycles. The second-order valence-electron chi connectivity index (χ2n) is 6.49. The van der Waals surface area contributed by atoms with Crippen LogP contribution in [0.25, 0.3) is 0 Å². The largest absolute Gasteiger partial charge is 0.332 e. The van der Waals surface area contributed by atoms with Crippen molar-refractivity contribution in [1.29, 1.82) is 0 Å². The van der Waals surface area contributed by atoms with Crippen LogP contribution in [0.1, 0.15) is 61.8 Å². The van der Waals surface area contributed by atoms with E-state index in [-0.39, 0.29) is 11.9 Å². The molecular formula is C15H25N5O. The zero-order valence-corrected chi connectivity index (χ0v) is 13.2. The predicted octanol–water partition coefficient (Wildman–Crippen LogP) is 1.52. The quantitative estimate of drug-likeness (QED) is 0.913. The molecule has 116 valence electrons. The summed E-state index contributed by atoms with van der Waals surface area (Å²) < 4.78 is 1.96. The number of hydrogen-bond acceptors (Lipinski definition) is 4. The Kier molecular flexibility index (Phi) is 3.97. The van der Waals surface area contributed by atoms with Gasteiger partial charge in [-0.15, -0.1) is 5.10 Å². The van der Waals surface area contributed by atoms with Crippen molar-refractivity contribution >= 4 is 5.91 Å². The van der Waals surface area contributed by atoms with Crippen LogP contribution in [0, 0.1) is 6.92 Å². The molecule has 1 aliphatic carbocycles. The van der Waals surface area contributed by atoms with Gasteiger partial charge in [0.1, 0.15) is 0 Å². The summed E-state index contributed by atoms with van der Waals surface area (Å²) in [5, 5.41) is 11.8. The molecule has 1 saturated heterocycles. The van der Waals surface area contributed by atoms with Gasteiger partial charge in [-0.3, -0.25) is 4.79 Å². The van der Waals surface area contributed by atoms with Gasteiger partial charge in [-0.2, -0.15) is 0 Å². The first-order valence-electron chi connectivity index (χ1n) is 8.04. The van der Waals surface area contributed by atoms with Crippen molar-refractivity contribution in [2.75, 3.05) is 13.1 Å². The molecule has 1 aliphatic heterocycles. The first-order chi connectivity index (χ1) is 10.1. The third kappa shape index (κ3) is 2.81. The average Bonchev–Trinajstić information content (AvgIpc) is 3.21. The Balaban J connectivity index is 1.82. The summed E-state index contributed by atoms with van der Waals surface area (Å²) in [6.07, 6.45) is 4.33. The lowest BCUT2D eigenvalue weighted by atomic mass is 10.1. The van der Waals surface area contributed by atoms with Crippen molar-refractivity contribution < 1.29 is 4.79 Å². The number of aromatic nitrogens is 3. The van der Waals surface area contributed by atoms with Crippen molar-refractivity contribution in [1.82, 2.24) is 25.2 Å². The van der Waals surface area contributed by atoms with Crippen LogP contribution in [0.5, 0.6) is 0 Å². The van der Waals surface area contributed by atoms with E-state index < -0.39 is 0 Å². The zero-order valence-electron chi connectivity index (χ0n) is 13.2. The van der Waals surface area contributed by atoms with Gasteiger partial charge in [-0.05, 0) is 59.5 Å². The predicted molar refractivity (Wildman–Crippen MR) is 80.2 cm³/mol. The van der Waals surface area contributed by atoms with Crippen LogP contribution in [-0.4, -0.2) is 51.0 Å². The molecule has 0 atom stereocenters. The fraction of sp³-hybridized carbons (Fsp3) is 0.800. The van der Waals surface area contributed by atoms with Crippen molar-refractivity contribution in [3.8, 4) is 0 Å². The first-order valence-corrected chi connectivity index (χ1v) is 8.04. The number of hydrogen-bond donors (Lipinski definition) is 1. The summed E-state index contributed by atoms with van der Waals surface area (Å²) in [6, 6.07) is 0.989. The van der Waals surface area contributed by atoms with Crippen LogP contribution in [-0.2, 0) is 0 Å². The molecule has 2 fully saturated rings. The van der Waals surface area contributed by atoms with Crippen molar-refractivity contribution in [3.05, 3.63) is 11.4 Å². The molecule has 1 aromatic heterocycles. The highest BCUT2D eigenvalue weighted by molar-refractivity contribution is 5.93. The van der Waals surface area contributed by atoms with Crippen LogP contribution in [0.2, 0.25) is 0 Å². The number of nitrogens with zero attached hydrogens (tertiary/aromatic N) is 4. The van der Waals surface area contributed by atoms with E-state index in [4.69, 9.17) is 0 Å². The maximum absolute atomic E-state index is 12.8. The third-order valence-corrected chi connectivity index (χ3v) is 4.52. The highest BCUT2D eigenvalue weighted by Crippen LogP contribution is 2.30. The zero-order chi connectivity index (χ0) is 15.0. The molecule has 1 saturated carbocycles. The van der Waals surface area contributed by atoms with Crippen molar-refractivity contribution in [3.63, 3.8) is 0 Å². The minimum atomic E-state index is 0.0465. The molecule has 0 radical (unpaired) electrons. The van der Waals surface area contributed by atoms with Gasteiger partial charge in [0.25, 0.3) is 5.91 Å². The van der Waals surface area contributed by atoms with E-state index in [2.05, 4.69) is 29.5 Å². The fourth-order valence-electron chi connectivity index (χ4n) is 3.23. The topological polar surface area (TPSA) is 63.1 Å². The summed E-state index contributed by atoms with van der Waals surface area (Å²) in [4.78, 5) is 14.8. The number of rotatable bonds is 4. The third-order valence-electron chi connectivity index (χ3n) is 4.52. The maximum atomic E-state index is 12.8.